The van der Waals surface area contributed by atoms with E-state index in [0.717, 1.165) is 24.8 Å². The maximum Gasteiger partial charge on any atom is 0.271 e. The molecule has 2 N–H and O–H groups in total. The SMILES string of the molecule is Cc1ccc(F)cc1-c1nc(C(=O)NC2CCC2)c(C)[nH]1. The number of H-pyrrole nitrogens is 1. The van der Waals surface area contributed by atoms with E-state index in [4.69, 9.17) is 0 Å². The molecule has 1 aromatic heterocycles. The first-order valence-electron chi connectivity index (χ1n) is 7.18. The van der Waals surface area contributed by atoms with Crippen LogP contribution in [-0.4, -0.2) is 21.9 Å². The third-order valence-corrected chi connectivity index (χ3v) is 3.99. The van der Waals surface area contributed by atoms with Crippen LogP contribution in [0.3, 0.4) is 0 Å². The van der Waals surface area contributed by atoms with E-state index < -0.39 is 0 Å². The lowest BCUT2D eigenvalue weighted by Crippen LogP contribution is -2.39. The lowest BCUT2D eigenvalue weighted by Gasteiger charge is -2.25. The Hall–Kier alpha value is -2.17. The van der Waals surface area contributed by atoms with Crippen molar-refractivity contribution < 1.29 is 9.18 Å². The molecule has 0 unspecified atom stereocenters. The van der Waals surface area contributed by atoms with Crippen LogP contribution in [0.5, 0.6) is 0 Å². The fourth-order valence-corrected chi connectivity index (χ4v) is 2.46. The molecule has 1 aliphatic carbocycles. The molecule has 0 atom stereocenters. The molecule has 1 aromatic carbocycles. The van der Waals surface area contributed by atoms with Gasteiger partial charge in [0.1, 0.15) is 17.3 Å². The minimum absolute atomic E-state index is 0.159. The number of nitrogens with one attached hydrogen (secondary N) is 2. The van der Waals surface area contributed by atoms with Crippen molar-refractivity contribution in [1.82, 2.24) is 15.3 Å². The summed E-state index contributed by atoms with van der Waals surface area (Å²) in [6, 6.07) is 4.82. The molecule has 4 nitrogen and oxygen atoms in total. The van der Waals surface area contributed by atoms with Crippen molar-refractivity contribution in [3.8, 4) is 11.4 Å². The van der Waals surface area contributed by atoms with E-state index in [1.807, 2.05) is 6.92 Å². The van der Waals surface area contributed by atoms with Crippen LogP contribution in [0, 0.1) is 19.7 Å². The van der Waals surface area contributed by atoms with E-state index in [9.17, 15) is 9.18 Å². The molecular formula is C16H18FN3O. The summed E-state index contributed by atoms with van der Waals surface area (Å²) in [7, 11) is 0. The van der Waals surface area contributed by atoms with Crippen molar-refractivity contribution in [2.75, 3.05) is 0 Å². The van der Waals surface area contributed by atoms with Gasteiger partial charge < -0.3 is 10.3 Å². The van der Waals surface area contributed by atoms with Crippen LogP contribution in [0.4, 0.5) is 4.39 Å². The third-order valence-electron chi connectivity index (χ3n) is 3.99. The van der Waals surface area contributed by atoms with E-state index in [0.29, 0.717) is 22.8 Å². The maximum absolute atomic E-state index is 13.4. The average Bonchev–Trinajstić information content (AvgIpc) is 2.78. The van der Waals surface area contributed by atoms with E-state index in [1.165, 1.54) is 12.1 Å². The topological polar surface area (TPSA) is 57.8 Å². The van der Waals surface area contributed by atoms with Gasteiger partial charge in [-0.15, -0.1) is 0 Å². The molecule has 2 aromatic rings. The van der Waals surface area contributed by atoms with Crippen molar-refractivity contribution in [1.29, 1.82) is 0 Å². The van der Waals surface area contributed by atoms with Crippen LogP contribution in [0.25, 0.3) is 11.4 Å². The lowest BCUT2D eigenvalue weighted by molar-refractivity contribution is 0.0912. The molecule has 0 spiro atoms. The van der Waals surface area contributed by atoms with Gasteiger partial charge in [0.2, 0.25) is 0 Å². The molecule has 1 saturated carbocycles. The van der Waals surface area contributed by atoms with E-state index >= 15 is 0 Å². The van der Waals surface area contributed by atoms with Crippen LogP contribution < -0.4 is 5.32 Å². The first kappa shape index (κ1) is 13.8. The summed E-state index contributed by atoms with van der Waals surface area (Å²) in [5.74, 6) is 0.0575. The van der Waals surface area contributed by atoms with Gasteiger partial charge in [-0.3, -0.25) is 4.79 Å². The van der Waals surface area contributed by atoms with Gasteiger partial charge in [0.05, 0.1) is 0 Å². The number of nitrogens with zero attached hydrogens (tertiary/aromatic N) is 1. The van der Waals surface area contributed by atoms with Gasteiger partial charge >= 0.3 is 0 Å². The predicted molar refractivity (Wildman–Crippen MR) is 78.6 cm³/mol. The number of amides is 1. The fraction of sp³-hybridized carbons (Fsp3) is 0.375. The second kappa shape index (κ2) is 5.31. The number of halogens is 1. The first-order chi connectivity index (χ1) is 10.0. The summed E-state index contributed by atoms with van der Waals surface area (Å²) in [5, 5.41) is 2.97. The largest absolute Gasteiger partial charge is 0.348 e. The van der Waals surface area contributed by atoms with Gasteiger partial charge in [-0.2, -0.15) is 0 Å². The van der Waals surface area contributed by atoms with Crippen LogP contribution in [0.15, 0.2) is 18.2 Å². The number of hydrogen-bond donors (Lipinski definition) is 2. The van der Waals surface area contributed by atoms with Gasteiger partial charge in [0, 0.05) is 17.3 Å². The zero-order chi connectivity index (χ0) is 15.0. The van der Waals surface area contributed by atoms with Gasteiger partial charge in [0.15, 0.2) is 0 Å². The number of carbonyl (C=O) groups excluding carboxylic acids is 1. The molecule has 1 heterocycles. The summed E-state index contributed by atoms with van der Waals surface area (Å²) in [6.45, 7) is 3.70. The van der Waals surface area contributed by atoms with Gasteiger partial charge in [0.25, 0.3) is 5.91 Å². The number of rotatable bonds is 3. The van der Waals surface area contributed by atoms with Crippen molar-refractivity contribution >= 4 is 5.91 Å². The highest BCUT2D eigenvalue weighted by Gasteiger charge is 2.23. The van der Waals surface area contributed by atoms with E-state index in [1.54, 1.807) is 13.0 Å². The monoisotopic (exact) mass is 287 g/mol. The molecule has 0 aliphatic heterocycles. The Bertz CT molecular complexity index is 689. The smallest absolute Gasteiger partial charge is 0.271 e. The molecule has 110 valence electrons. The van der Waals surface area contributed by atoms with Crippen molar-refractivity contribution in [3.05, 3.63) is 41.0 Å². The summed E-state index contributed by atoms with van der Waals surface area (Å²) in [4.78, 5) is 19.6. The molecule has 1 aliphatic rings. The number of carbonyl (C=O) groups is 1. The number of aromatic nitrogens is 2. The molecule has 21 heavy (non-hydrogen) atoms. The normalized spacial score (nSPS) is 14.8. The van der Waals surface area contributed by atoms with Gasteiger partial charge in [-0.05, 0) is 50.8 Å². The maximum atomic E-state index is 13.4. The molecular weight excluding hydrogens is 269 g/mol. The Kier molecular flexibility index (Phi) is 3.49. The van der Waals surface area contributed by atoms with Crippen LogP contribution in [0.1, 0.15) is 41.0 Å². The molecule has 5 heteroatoms. The second-order valence-electron chi connectivity index (χ2n) is 5.62. The summed E-state index contributed by atoms with van der Waals surface area (Å²) >= 11 is 0. The Morgan fingerprint density at radius 1 is 1.38 bits per heavy atom. The summed E-state index contributed by atoms with van der Waals surface area (Å²) in [6.07, 6.45) is 3.23. The van der Waals surface area contributed by atoms with E-state index in [-0.39, 0.29) is 17.8 Å². The summed E-state index contributed by atoms with van der Waals surface area (Å²) < 4.78 is 13.4. The zero-order valence-corrected chi connectivity index (χ0v) is 12.2. The Morgan fingerprint density at radius 3 is 2.81 bits per heavy atom. The van der Waals surface area contributed by atoms with E-state index in [2.05, 4.69) is 15.3 Å². The van der Waals surface area contributed by atoms with Crippen LogP contribution in [-0.2, 0) is 0 Å². The second-order valence-corrected chi connectivity index (χ2v) is 5.62. The molecule has 0 bridgehead atoms. The van der Waals surface area contributed by atoms with Gasteiger partial charge in [-0.1, -0.05) is 6.07 Å². The van der Waals surface area contributed by atoms with Crippen molar-refractivity contribution in [3.63, 3.8) is 0 Å². The number of aromatic amines is 1. The minimum Gasteiger partial charge on any atom is -0.348 e. The molecule has 3 rings (SSSR count). The quantitative estimate of drug-likeness (QED) is 0.911. The Balaban J connectivity index is 1.89. The van der Waals surface area contributed by atoms with Crippen molar-refractivity contribution in [2.24, 2.45) is 0 Å². The molecule has 0 saturated heterocycles. The molecule has 0 radical (unpaired) electrons. The number of imidazole rings is 1. The first-order valence-corrected chi connectivity index (χ1v) is 7.18. The van der Waals surface area contributed by atoms with Gasteiger partial charge in [-0.25, -0.2) is 9.37 Å². The highest BCUT2D eigenvalue weighted by Crippen LogP contribution is 2.24. The molecule has 1 fully saturated rings. The fourth-order valence-electron chi connectivity index (χ4n) is 2.46. The summed E-state index contributed by atoms with van der Waals surface area (Å²) in [5.41, 5.74) is 2.68. The zero-order valence-electron chi connectivity index (χ0n) is 12.2. The standard InChI is InChI=1S/C16H18FN3O/c1-9-6-7-11(17)8-13(9)15-18-10(2)14(20-15)16(21)19-12-4-3-5-12/h6-8,12H,3-5H2,1-2H3,(H,18,20)(H,19,21). The predicted octanol–water partition coefficient (Wildman–Crippen LogP) is 3.11. The molecule has 1 amide bonds. The number of benzene rings is 1. The van der Waals surface area contributed by atoms with Crippen LogP contribution >= 0.6 is 0 Å². The Morgan fingerprint density at radius 2 is 2.14 bits per heavy atom. The third kappa shape index (κ3) is 2.68. The average molecular weight is 287 g/mol. The van der Waals surface area contributed by atoms with Crippen molar-refractivity contribution in [2.45, 2.75) is 39.2 Å². The lowest BCUT2D eigenvalue weighted by atomic mass is 9.93. The van der Waals surface area contributed by atoms with Crippen LogP contribution in [0.2, 0.25) is 0 Å². The Labute approximate surface area is 122 Å². The number of aryl methyl sites for hydroxylation is 2. The minimum atomic E-state index is -0.315. The number of hydrogen-bond acceptors (Lipinski definition) is 2. The highest BCUT2D eigenvalue weighted by molar-refractivity contribution is 5.94. The highest BCUT2D eigenvalue weighted by atomic mass is 19.1.